The zero-order valence-electron chi connectivity index (χ0n) is 9.86. The van der Waals surface area contributed by atoms with Gasteiger partial charge in [-0.3, -0.25) is 0 Å². The molecule has 4 nitrogen and oxygen atoms in total. The SMILES string of the molecule is COc1cc(NCCCC(C)O)ccc1N. The second kappa shape index (κ2) is 6.23. The van der Waals surface area contributed by atoms with Crippen LogP contribution in [-0.2, 0) is 0 Å². The van der Waals surface area contributed by atoms with Gasteiger partial charge in [0.1, 0.15) is 5.75 Å². The van der Waals surface area contributed by atoms with Crippen LogP contribution in [0.15, 0.2) is 18.2 Å². The lowest BCUT2D eigenvalue weighted by Gasteiger charge is -2.10. The topological polar surface area (TPSA) is 67.5 Å². The van der Waals surface area contributed by atoms with Gasteiger partial charge in [0, 0.05) is 18.3 Å². The molecule has 0 heterocycles. The van der Waals surface area contributed by atoms with Gasteiger partial charge < -0.3 is 20.9 Å². The summed E-state index contributed by atoms with van der Waals surface area (Å²) in [5.41, 5.74) is 7.33. The Labute approximate surface area is 96.4 Å². The maximum atomic E-state index is 9.10. The van der Waals surface area contributed by atoms with E-state index in [4.69, 9.17) is 15.6 Å². The van der Waals surface area contributed by atoms with Crippen molar-refractivity contribution >= 4 is 11.4 Å². The van der Waals surface area contributed by atoms with Crippen LogP contribution >= 0.6 is 0 Å². The summed E-state index contributed by atoms with van der Waals surface area (Å²) in [6.45, 7) is 2.63. The predicted molar refractivity (Wildman–Crippen MR) is 66.8 cm³/mol. The maximum Gasteiger partial charge on any atom is 0.143 e. The zero-order valence-corrected chi connectivity index (χ0v) is 9.86. The first-order valence-corrected chi connectivity index (χ1v) is 5.49. The summed E-state index contributed by atoms with van der Waals surface area (Å²) < 4.78 is 5.13. The molecular formula is C12H20N2O2. The number of hydrogen-bond donors (Lipinski definition) is 3. The molecule has 0 spiro atoms. The second-order valence-electron chi connectivity index (χ2n) is 3.87. The lowest BCUT2D eigenvalue weighted by molar-refractivity contribution is 0.183. The smallest absolute Gasteiger partial charge is 0.143 e. The molecule has 1 aromatic carbocycles. The molecular weight excluding hydrogens is 204 g/mol. The molecule has 1 rings (SSSR count). The van der Waals surface area contributed by atoms with E-state index in [-0.39, 0.29) is 6.10 Å². The highest BCUT2D eigenvalue weighted by Crippen LogP contribution is 2.24. The number of benzene rings is 1. The van der Waals surface area contributed by atoms with Gasteiger partial charge in [-0.1, -0.05) is 0 Å². The van der Waals surface area contributed by atoms with Crippen molar-refractivity contribution in [1.82, 2.24) is 0 Å². The first-order chi connectivity index (χ1) is 7.63. The summed E-state index contributed by atoms with van der Waals surface area (Å²) in [4.78, 5) is 0. The van der Waals surface area contributed by atoms with Gasteiger partial charge >= 0.3 is 0 Å². The molecule has 0 aliphatic heterocycles. The molecule has 0 aliphatic carbocycles. The lowest BCUT2D eigenvalue weighted by Crippen LogP contribution is -2.06. The Bertz CT molecular complexity index is 327. The first-order valence-electron chi connectivity index (χ1n) is 5.49. The average Bonchev–Trinajstić information content (AvgIpc) is 2.26. The highest BCUT2D eigenvalue weighted by Gasteiger charge is 2.00. The third-order valence-electron chi connectivity index (χ3n) is 2.36. The predicted octanol–water partition coefficient (Wildman–Crippen LogP) is 1.85. The average molecular weight is 224 g/mol. The molecule has 0 fully saturated rings. The van der Waals surface area contributed by atoms with E-state index in [0.717, 1.165) is 25.1 Å². The molecule has 90 valence electrons. The molecule has 0 saturated carbocycles. The highest BCUT2D eigenvalue weighted by molar-refractivity contribution is 5.61. The number of anilines is 2. The first kappa shape index (κ1) is 12.6. The van der Waals surface area contributed by atoms with E-state index in [1.54, 1.807) is 14.0 Å². The molecule has 0 saturated heterocycles. The van der Waals surface area contributed by atoms with E-state index in [2.05, 4.69) is 5.32 Å². The number of ether oxygens (including phenoxy) is 1. The molecule has 4 heteroatoms. The van der Waals surface area contributed by atoms with Crippen LogP contribution in [0.3, 0.4) is 0 Å². The Balaban J connectivity index is 2.42. The van der Waals surface area contributed by atoms with E-state index in [9.17, 15) is 0 Å². The number of rotatable bonds is 6. The van der Waals surface area contributed by atoms with E-state index < -0.39 is 0 Å². The summed E-state index contributed by atoms with van der Waals surface area (Å²) in [6.07, 6.45) is 1.51. The van der Waals surface area contributed by atoms with Gasteiger partial charge in [0.25, 0.3) is 0 Å². The summed E-state index contributed by atoms with van der Waals surface area (Å²) in [6, 6.07) is 5.60. The molecule has 0 bridgehead atoms. The summed E-state index contributed by atoms with van der Waals surface area (Å²) in [5, 5.41) is 12.4. The van der Waals surface area contributed by atoms with Gasteiger partial charge in [-0.25, -0.2) is 0 Å². The quantitative estimate of drug-likeness (QED) is 0.509. The van der Waals surface area contributed by atoms with Gasteiger partial charge in [-0.2, -0.15) is 0 Å². The molecule has 0 radical (unpaired) electrons. The Morgan fingerprint density at radius 1 is 1.50 bits per heavy atom. The molecule has 0 aromatic heterocycles. The number of nitrogens with one attached hydrogen (secondary N) is 1. The van der Waals surface area contributed by atoms with E-state index in [1.807, 2.05) is 18.2 Å². The van der Waals surface area contributed by atoms with Crippen molar-refractivity contribution in [3.05, 3.63) is 18.2 Å². The molecule has 1 atom stereocenters. The van der Waals surface area contributed by atoms with Crippen LogP contribution in [0.25, 0.3) is 0 Å². The third-order valence-corrected chi connectivity index (χ3v) is 2.36. The number of methoxy groups -OCH3 is 1. The lowest BCUT2D eigenvalue weighted by atomic mass is 10.2. The van der Waals surface area contributed by atoms with E-state index >= 15 is 0 Å². The number of nitrogen functional groups attached to an aromatic ring is 1. The van der Waals surface area contributed by atoms with Crippen LogP contribution in [0, 0.1) is 0 Å². The van der Waals surface area contributed by atoms with Crippen LogP contribution in [-0.4, -0.2) is 24.9 Å². The minimum absolute atomic E-state index is 0.234. The second-order valence-corrected chi connectivity index (χ2v) is 3.87. The van der Waals surface area contributed by atoms with Crippen LogP contribution in [0.4, 0.5) is 11.4 Å². The fourth-order valence-corrected chi connectivity index (χ4v) is 1.45. The van der Waals surface area contributed by atoms with Crippen molar-refractivity contribution < 1.29 is 9.84 Å². The Morgan fingerprint density at radius 2 is 2.25 bits per heavy atom. The number of nitrogens with two attached hydrogens (primary N) is 1. The Hall–Kier alpha value is -1.42. The largest absolute Gasteiger partial charge is 0.495 e. The van der Waals surface area contributed by atoms with Crippen LogP contribution in [0.1, 0.15) is 19.8 Å². The molecule has 1 aromatic rings. The molecule has 1 unspecified atom stereocenters. The molecule has 0 aliphatic rings. The van der Waals surface area contributed by atoms with Gasteiger partial charge in [0.15, 0.2) is 0 Å². The normalized spacial score (nSPS) is 12.2. The van der Waals surface area contributed by atoms with Crippen molar-refractivity contribution in [2.24, 2.45) is 0 Å². The third kappa shape index (κ3) is 3.98. The van der Waals surface area contributed by atoms with Crippen molar-refractivity contribution in [3.63, 3.8) is 0 Å². The Kier molecular flexibility index (Phi) is 4.92. The van der Waals surface area contributed by atoms with Crippen molar-refractivity contribution in [3.8, 4) is 5.75 Å². The van der Waals surface area contributed by atoms with Crippen molar-refractivity contribution in [2.75, 3.05) is 24.7 Å². The number of hydrogen-bond acceptors (Lipinski definition) is 4. The maximum absolute atomic E-state index is 9.10. The molecule has 4 N–H and O–H groups in total. The fraction of sp³-hybridized carbons (Fsp3) is 0.500. The monoisotopic (exact) mass is 224 g/mol. The van der Waals surface area contributed by atoms with Gasteiger partial charge in [-0.05, 0) is 31.9 Å². The summed E-state index contributed by atoms with van der Waals surface area (Å²) in [5.74, 6) is 0.681. The fourth-order valence-electron chi connectivity index (χ4n) is 1.45. The van der Waals surface area contributed by atoms with E-state index in [1.165, 1.54) is 0 Å². The van der Waals surface area contributed by atoms with Gasteiger partial charge in [0.05, 0.1) is 18.9 Å². The number of aliphatic hydroxyl groups is 1. The standard InChI is InChI=1S/C12H20N2O2/c1-9(15)4-3-7-14-10-5-6-11(13)12(8-10)16-2/h5-6,8-9,14-15H,3-4,7,13H2,1-2H3. The van der Waals surface area contributed by atoms with Crippen LogP contribution < -0.4 is 15.8 Å². The van der Waals surface area contributed by atoms with Crippen molar-refractivity contribution in [1.29, 1.82) is 0 Å². The highest BCUT2D eigenvalue weighted by atomic mass is 16.5. The number of aliphatic hydroxyl groups excluding tert-OH is 1. The molecule has 0 amide bonds. The van der Waals surface area contributed by atoms with Gasteiger partial charge in [0.2, 0.25) is 0 Å². The minimum atomic E-state index is -0.234. The van der Waals surface area contributed by atoms with Crippen LogP contribution in [0.2, 0.25) is 0 Å². The zero-order chi connectivity index (χ0) is 12.0. The Morgan fingerprint density at radius 3 is 2.88 bits per heavy atom. The van der Waals surface area contributed by atoms with Crippen LogP contribution in [0.5, 0.6) is 5.75 Å². The summed E-state index contributed by atoms with van der Waals surface area (Å²) >= 11 is 0. The summed E-state index contributed by atoms with van der Waals surface area (Å²) in [7, 11) is 1.60. The van der Waals surface area contributed by atoms with E-state index in [0.29, 0.717) is 11.4 Å². The van der Waals surface area contributed by atoms with Gasteiger partial charge in [-0.15, -0.1) is 0 Å². The molecule has 16 heavy (non-hydrogen) atoms. The van der Waals surface area contributed by atoms with Crippen molar-refractivity contribution in [2.45, 2.75) is 25.9 Å². The minimum Gasteiger partial charge on any atom is -0.495 e.